The third-order valence-corrected chi connectivity index (χ3v) is 1.06. The summed E-state index contributed by atoms with van der Waals surface area (Å²) >= 11 is 0. The van der Waals surface area contributed by atoms with Gasteiger partial charge in [0.05, 0.1) is 5.47 Å². The first-order valence-electron chi connectivity index (χ1n) is 2.54. The van der Waals surface area contributed by atoms with E-state index in [2.05, 4.69) is 0 Å². The van der Waals surface area contributed by atoms with E-state index >= 15 is 0 Å². The van der Waals surface area contributed by atoms with Gasteiger partial charge in [-0.2, -0.15) is 0 Å². The van der Waals surface area contributed by atoms with Gasteiger partial charge in [-0.25, -0.2) is 0 Å². The average molecular weight is 141 g/mol. The predicted molar refractivity (Wildman–Crippen MR) is 31.4 cm³/mol. The third kappa shape index (κ3) is 1.07. The van der Waals surface area contributed by atoms with E-state index < -0.39 is 18.9 Å². The van der Waals surface area contributed by atoms with Crippen molar-refractivity contribution < 1.29 is 19.6 Å². The second-order valence-electron chi connectivity index (χ2n) is 1.79. The van der Waals surface area contributed by atoms with E-state index in [4.69, 9.17) is 10.0 Å². The lowest BCUT2D eigenvalue weighted by molar-refractivity contribution is -0.123. The lowest BCUT2D eigenvalue weighted by Crippen LogP contribution is -2.28. The van der Waals surface area contributed by atoms with Crippen LogP contribution in [0, 0.1) is 0 Å². The molecule has 0 saturated carbocycles. The molecule has 3 N–H and O–H groups in total. The van der Waals surface area contributed by atoms with Crippen LogP contribution in [0.15, 0.2) is 11.5 Å². The largest absolute Gasteiger partial charge is 0.494 e. The van der Waals surface area contributed by atoms with Crippen LogP contribution in [-0.2, 0) is 9.59 Å². The van der Waals surface area contributed by atoms with Gasteiger partial charge < -0.3 is 10.0 Å². The summed E-state index contributed by atoms with van der Waals surface area (Å²) in [5, 5.41) is 18.7. The number of amides is 2. The molecule has 0 aromatic heterocycles. The number of imide groups is 1. The molecule has 0 saturated heterocycles. The molecule has 6 heteroatoms. The molecule has 0 unspecified atom stereocenters. The zero-order chi connectivity index (χ0) is 7.72. The number of carbonyl (C=O) groups is 2. The monoisotopic (exact) mass is 141 g/mol. The maximum Gasteiger partial charge on any atom is 0.494 e. The normalized spacial score (nSPS) is 16.8. The first kappa shape index (κ1) is 6.98. The lowest BCUT2D eigenvalue weighted by Gasteiger charge is -1.93. The highest BCUT2D eigenvalue weighted by Crippen LogP contribution is 2.01. The van der Waals surface area contributed by atoms with E-state index in [0.29, 0.717) is 0 Å². The zero-order valence-electron chi connectivity index (χ0n) is 4.87. The fraction of sp³-hybridized carbons (Fsp3) is 0. The summed E-state index contributed by atoms with van der Waals surface area (Å²) in [4.78, 5) is 20.8. The van der Waals surface area contributed by atoms with Crippen molar-refractivity contribution in [1.82, 2.24) is 5.32 Å². The third-order valence-electron chi connectivity index (χ3n) is 1.06. The molecule has 5 nitrogen and oxygen atoms in total. The molecule has 0 aromatic carbocycles. The van der Waals surface area contributed by atoms with Crippen LogP contribution in [0.2, 0.25) is 0 Å². The Labute approximate surface area is 56.5 Å². The van der Waals surface area contributed by atoms with E-state index in [0.717, 1.165) is 6.08 Å². The Morgan fingerprint density at radius 1 is 1.40 bits per heavy atom. The van der Waals surface area contributed by atoms with Gasteiger partial charge in [-0.05, 0) is 0 Å². The molecule has 1 aliphatic heterocycles. The van der Waals surface area contributed by atoms with Gasteiger partial charge >= 0.3 is 7.12 Å². The molecule has 0 spiro atoms. The quantitative estimate of drug-likeness (QED) is 0.280. The summed E-state index contributed by atoms with van der Waals surface area (Å²) in [6.45, 7) is 0. The predicted octanol–water partition coefficient (Wildman–Crippen LogP) is -2.42. The maximum atomic E-state index is 10.5. The summed E-state index contributed by atoms with van der Waals surface area (Å²) in [6, 6.07) is 0. The summed E-state index contributed by atoms with van der Waals surface area (Å²) < 4.78 is 0. The van der Waals surface area contributed by atoms with Crippen LogP contribution < -0.4 is 5.32 Å². The molecular formula is C4H4BNO4. The van der Waals surface area contributed by atoms with E-state index in [1.54, 1.807) is 0 Å². The van der Waals surface area contributed by atoms with Crippen molar-refractivity contribution in [3.05, 3.63) is 11.5 Å². The van der Waals surface area contributed by atoms with Crippen molar-refractivity contribution in [3.63, 3.8) is 0 Å². The summed E-state index contributed by atoms with van der Waals surface area (Å²) in [6.07, 6.45) is 0.854. The van der Waals surface area contributed by atoms with Crippen molar-refractivity contribution in [2.24, 2.45) is 0 Å². The standard InChI is InChI=1S/C4H4BNO4/c7-3-1-2(5(9)10)4(8)6-3/h1,9-10H,(H,6,7,8). The summed E-state index contributed by atoms with van der Waals surface area (Å²) in [5.41, 5.74) is -0.315. The van der Waals surface area contributed by atoms with Gasteiger partial charge in [-0.1, -0.05) is 0 Å². The molecule has 0 aliphatic carbocycles. The molecule has 0 radical (unpaired) electrons. The van der Waals surface area contributed by atoms with Crippen molar-refractivity contribution in [3.8, 4) is 0 Å². The van der Waals surface area contributed by atoms with Crippen LogP contribution in [-0.4, -0.2) is 29.0 Å². The van der Waals surface area contributed by atoms with Gasteiger partial charge in [0.1, 0.15) is 0 Å². The van der Waals surface area contributed by atoms with E-state index in [1.165, 1.54) is 0 Å². The van der Waals surface area contributed by atoms with Gasteiger partial charge in [0, 0.05) is 6.08 Å². The van der Waals surface area contributed by atoms with Crippen LogP contribution in [0.5, 0.6) is 0 Å². The minimum absolute atomic E-state index is 0.315. The van der Waals surface area contributed by atoms with Crippen LogP contribution in [0.1, 0.15) is 0 Å². The summed E-state index contributed by atoms with van der Waals surface area (Å²) in [5.74, 6) is -1.37. The molecule has 52 valence electrons. The molecule has 1 aliphatic rings. The average Bonchev–Trinajstić information content (AvgIpc) is 2.10. The highest BCUT2D eigenvalue weighted by molar-refractivity contribution is 6.61. The first-order chi connectivity index (χ1) is 4.61. The van der Waals surface area contributed by atoms with E-state index in [-0.39, 0.29) is 5.47 Å². The number of hydrogen-bond donors (Lipinski definition) is 3. The van der Waals surface area contributed by atoms with Gasteiger partial charge in [0.2, 0.25) is 0 Å². The molecule has 0 atom stereocenters. The Morgan fingerprint density at radius 3 is 2.20 bits per heavy atom. The molecule has 10 heavy (non-hydrogen) atoms. The molecule has 2 amide bonds. The maximum absolute atomic E-state index is 10.5. The zero-order valence-corrected chi connectivity index (χ0v) is 4.87. The summed E-state index contributed by atoms with van der Waals surface area (Å²) in [7, 11) is -1.87. The molecule has 1 rings (SSSR count). The molecule has 0 bridgehead atoms. The topological polar surface area (TPSA) is 86.6 Å². The van der Waals surface area contributed by atoms with E-state index in [1.807, 2.05) is 5.32 Å². The Morgan fingerprint density at radius 2 is 2.00 bits per heavy atom. The molecular weight excluding hydrogens is 137 g/mol. The van der Waals surface area contributed by atoms with Crippen LogP contribution in [0.4, 0.5) is 0 Å². The first-order valence-corrected chi connectivity index (χ1v) is 2.54. The second-order valence-corrected chi connectivity index (χ2v) is 1.79. The number of carbonyl (C=O) groups excluding carboxylic acids is 2. The lowest BCUT2D eigenvalue weighted by atomic mass is 9.80. The highest BCUT2D eigenvalue weighted by atomic mass is 16.4. The SMILES string of the molecule is O=C1C=C(B(O)O)C(=O)N1. The molecule has 0 fully saturated rings. The van der Waals surface area contributed by atoms with Gasteiger partial charge in [0.15, 0.2) is 0 Å². The fourth-order valence-electron chi connectivity index (χ4n) is 0.619. The molecule has 0 aromatic rings. The van der Waals surface area contributed by atoms with Crippen LogP contribution >= 0.6 is 0 Å². The number of nitrogens with one attached hydrogen (secondary N) is 1. The van der Waals surface area contributed by atoms with Crippen LogP contribution in [0.3, 0.4) is 0 Å². The van der Waals surface area contributed by atoms with Gasteiger partial charge in [0.25, 0.3) is 11.8 Å². The van der Waals surface area contributed by atoms with Gasteiger partial charge in [-0.15, -0.1) is 0 Å². The van der Waals surface area contributed by atoms with Crippen molar-refractivity contribution in [1.29, 1.82) is 0 Å². The Balaban J connectivity index is 2.85. The Bertz CT molecular complexity index is 221. The Hall–Kier alpha value is -1.14. The van der Waals surface area contributed by atoms with Crippen molar-refractivity contribution >= 4 is 18.9 Å². The van der Waals surface area contributed by atoms with Gasteiger partial charge in [-0.3, -0.25) is 14.9 Å². The minimum atomic E-state index is -1.87. The molecule has 1 heterocycles. The smallest absolute Gasteiger partial charge is 0.423 e. The van der Waals surface area contributed by atoms with E-state index in [9.17, 15) is 9.59 Å². The Kier molecular flexibility index (Phi) is 1.56. The minimum Gasteiger partial charge on any atom is -0.423 e. The fourth-order valence-corrected chi connectivity index (χ4v) is 0.619. The highest BCUT2D eigenvalue weighted by Gasteiger charge is 2.29. The van der Waals surface area contributed by atoms with Crippen LogP contribution in [0.25, 0.3) is 0 Å². The van der Waals surface area contributed by atoms with Crippen molar-refractivity contribution in [2.45, 2.75) is 0 Å². The second kappa shape index (κ2) is 2.24. The number of hydrogen-bond acceptors (Lipinski definition) is 4. The van der Waals surface area contributed by atoms with Crippen molar-refractivity contribution in [2.75, 3.05) is 0 Å². The number of rotatable bonds is 1.